The zero-order valence-electron chi connectivity index (χ0n) is 15.3. The van der Waals surface area contributed by atoms with E-state index in [0.717, 1.165) is 11.3 Å². The fraction of sp³-hybridized carbons (Fsp3) is 0.0455. The Kier molecular flexibility index (Phi) is 5.24. The average molecular weight is 451 g/mol. The number of nitrogens with two attached hydrogens (primary N) is 1. The first kappa shape index (κ1) is 20.0. The zero-order valence-corrected chi connectivity index (χ0v) is 17.6. The van der Waals surface area contributed by atoms with E-state index in [-0.39, 0.29) is 17.0 Å². The molecule has 30 heavy (non-hydrogen) atoms. The molecule has 1 aliphatic heterocycles. The average Bonchev–Trinajstić information content (AvgIpc) is 3.06. The summed E-state index contributed by atoms with van der Waals surface area (Å²) < 4.78 is 1.95. The number of hydrogen-bond acceptors (Lipinski definition) is 5. The molecule has 0 saturated carbocycles. The molecule has 1 aromatic heterocycles. The van der Waals surface area contributed by atoms with Crippen molar-refractivity contribution in [3.63, 3.8) is 0 Å². The highest BCUT2D eigenvalue weighted by atomic mass is 35.5. The molecular formula is C22H12Cl2N4OS. The molecule has 2 heterocycles. The van der Waals surface area contributed by atoms with Crippen LogP contribution in [-0.2, 0) is 0 Å². The lowest BCUT2D eigenvalue weighted by Crippen LogP contribution is -2.38. The summed E-state index contributed by atoms with van der Waals surface area (Å²) in [6.45, 7) is 0. The summed E-state index contributed by atoms with van der Waals surface area (Å²) in [5.41, 5.74) is 7.44. The Labute approximate surface area is 185 Å². The molecule has 0 amide bonds. The number of aromatic nitrogens is 1. The Hall–Kier alpha value is -3.29. The Bertz CT molecular complexity index is 1480. The van der Waals surface area contributed by atoms with Crippen molar-refractivity contribution < 1.29 is 0 Å². The molecule has 3 aromatic rings. The van der Waals surface area contributed by atoms with E-state index >= 15 is 0 Å². The molecule has 0 radical (unpaired) electrons. The van der Waals surface area contributed by atoms with Crippen LogP contribution in [0.15, 0.2) is 58.9 Å². The third-order valence-corrected chi connectivity index (χ3v) is 6.59. The Morgan fingerprint density at radius 1 is 1.00 bits per heavy atom. The quantitative estimate of drug-likeness (QED) is 0.648. The molecule has 0 unspecified atom stereocenters. The van der Waals surface area contributed by atoms with E-state index in [9.17, 15) is 15.3 Å². The molecule has 2 aromatic carbocycles. The molecule has 8 heteroatoms. The largest absolute Gasteiger partial charge is 0.384 e. The van der Waals surface area contributed by atoms with E-state index in [1.165, 1.54) is 4.57 Å². The first-order valence-corrected chi connectivity index (χ1v) is 10.3. The van der Waals surface area contributed by atoms with Crippen molar-refractivity contribution in [1.82, 2.24) is 4.57 Å². The lowest BCUT2D eigenvalue weighted by atomic mass is 9.84. The van der Waals surface area contributed by atoms with Crippen molar-refractivity contribution in [1.29, 1.82) is 10.5 Å². The van der Waals surface area contributed by atoms with Gasteiger partial charge in [0, 0.05) is 10.0 Å². The van der Waals surface area contributed by atoms with Gasteiger partial charge in [0.2, 0.25) is 0 Å². The molecule has 5 nitrogen and oxygen atoms in total. The van der Waals surface area contributed by atoms with E-state index in [4.69, 9.17) is 28.9 Å². The minimum absolute atomic E-state index is 0.00326. The van der Waals surface area contributed by atoms with Crippen LogP contribution in [0.25, 0.3) is 17.5 Å². The second-order valence-electron chi connectivity index (χ2n) is 6.47. The van der Waals surface area contributed by atoms with Gasteiger partial charge < -0.3 is 5.73 Å². The second kappa shape index (κ2) is 7.85. The number of benzene rings is 2. The minimum atomic E-state index is -0.750. The second-order valence-corrected chi connectivity index (χ2v) is 8.31. The standard InChI is InChI=1S/C22H12Cl2N4OS/c23-16-7-3-1-5-12(16)9-18-21(29)28-20(27)14(10-25)19(15(11-26)22(28)30-18)13-6-2-4-8-17(13)24/h1-9,19H,27H2/b18-9+/t19-/m1/s1. The lowest BCUT2D eigenvalue weighted by Gasteiger charge is -2.22. The van der Waals surface area contributed by atoms with Gasteiger partial charge in [-0.2, -0.15) is 10.5 Å². The fourth-order valence-electron chi connectivity index (χ4n) is 3.41. The Morgan fingerprint density at radius 3 is 2.27 bits per heavy atom. The zero-order chi connectivity index (χ0) is 21.4. The number of fused-ring (bicyclic) bond motifs is 1. The van der Waals surface area contributed by atoms with E-state index in [2.05, 4.69) is 12.1 Å². The normalized spacial score (nSPS) is 16.2. The van der Waals surface area contributed by atoms with Gasteiger partial charge in [-0.25, -0.2) is 0 Å². The lowest BCUT2D eigenvalue weighted by molar-refractivity contribution is 0.906. The van der Waals surface area contributed by atoms with Crippen molar-refractivity contribution in [2.45, 2.75) is 5.92 Å². The van der Waals surface area contributed by atoms with Crippen LogP contribution in [0.4, 0.5) is 0 Å². The van der Waals surface area contributed by atoms with E-state index < -0.39 is 11.5 Å². The molecule has 0 spiro atoms. The summed E-state index contributed by atoms with van der Waals surface area (Å²) in [5.74, 6) is -0.753. The number of rotatable bonds is 2. The van der Waals surface area contributed by atoms with Gasteiger partial charge >= 0.3 is 0 Å². The van der Waals surface area contributed by atoms with Crippen LogP contribution < -0.4 is 20.5 Å². The van der Waals surface area contributed by atoms with Crippen LogP contribution >= 0.6 is 34.5 Å². The van der Waals surface area contributed by atoms with Crippen molar-refractivity contribution in [2.24, 2.45) is 5.73 Å². The maximum absolute atomic E-state index is 13.1. The van der Waals surface area contributed by atoms with E-state index in [0.29, 0.717) is 30.4 Å². The van der Waals surface area contributed by atoms with E-state index in [1.54, 1.807) is 48.5 Å². The van der Waals surface area contributed by atoms with Crippen LogP contribution in [-0.4, -0.2) is 4.57 Å². The number of halogens is 2. The molecule has 2 N–H and O–H groups in total. The Morgan fingerprint density at radius 2 is 1.63 bits per heavy atom. The SMILES string of the molecule is N#CC1=C(N)n2c(s/c(=C/c3ccccc3Cl)c2=O)=C(C#N)[C@@H]1c1ccccc1Cl. The minimum Gasteiger partial charge on any atom is -0.384 e. The van der Waals surface area contributed by atoms with Crippen LogP contribution in [0.2, 0.25) is 10.0 Å². The van der Waals surface area contributed by atoms with E-state index in [1.807, 2.05) is 6.07 Å². The summed E-state index contributed by atoms with van der Waals surface area (Å²) in [4.78, 5) is 13.1. The Balaban J connectivity index is 2.10. The molecular weight excluding hydrogens is 439 g/mol. The highest BCUT2D eigenvalue weighted by molar-refractivity contribution is 7.07. The first-order valence-electron chi connectivity index (χ1n) is 8.75. The molecule has 0 fully saturated rings. The molecule has 0 aliphatic carbocycles. The predicted molar refractivity (Wildman–Crippen MR) is 119 cm³/mol. The highest BCUT2D eigenvalue weighted by Crippen LogP contribution is 2.38. The van der Waals surface area contributed by atoms with Gasteiger partial charge in [0.05, 0.1) is 33.7 Å². The van der Waals surface area contributed by atoms with Gasteiger partial charge in [-0.1, -0.05) is 59.6 Å². The van der Waals surface area contributed by atoms with Crippen molar-refractivity contribution >= 4 is 52.0 Å². The highest BCUT2D eigenvalue weighted by Gasteiger charge is 2.33. The fourth-order valence-corrected chi connectivity index (χ4v) is 4.96. The predicted octanol–water partition coefficient (Wildman–Crippen LogP) is 3.17. The topological polar surface area (TPSA) is 95.6 Å². The monoisotopic (exact) mass is 450 g/mol. The van der Waals surface area contributed by atoms with Crippen molar-refractivity contribution in [3.05, 3.63) is 94.8 Å². The summed E-state index contributed by atoms with van der Waals surface area (Å²) in [6, 6.07) is 18.3. The van der Waals surface area contributed by atoms with Gasteiger partial charge in [0.15, 0.2) is 0 Å². The van der Waals surface area contributed by atoms with Gasteiger partial charge in [-0.15, -0.1) is 11.3 Å². The summed E-state index contributed by atoms with van der Waals surface area (Å²) >= 11 is 13.7. The number of hydrogen-bond donors (Lipinski definition) is 1. The van der Waals surface area contributed by atoms with Gasteiger partial charge in [0.1, 0.15) is 10.5 Å². The third-order valence-electron chi connectivity index (χ3n) is 4.80. The van der Waals surface area contributed by atoms with Gasteiger partial charge in [-0.3, -0.25) is 9.36 Å². The van der Waals surface area contributed by atoms with Crippen LogP contribution in [0.1, 0.15) is 17.0 Å². The van der Waals surface area contributed by atoms with Crippen molar-refractivity contribution in [3.8, 4) is 12.1 Å². The number of nitrogens with zero attached hydrogens (tertiary/aromatic N) is 3. The number of allylic oxidation sites excluding steroid dienone is 1. The molecule has 0 saturated heterocycles. The van der Waals surface area contributed by atoms with Crippen LogP contribution in [0.3, 0.4) is 0 Å². The summed E-state index contributed by atoms with van der Waals surface area (Å²) in [7, 11) is 0. The third kappa shape index (κ3) is 3.12. The summed E-state index contributed by atoms with van der Waals surface area (Å²) in [5, 5.41) is 20.7. The van der Waals surface area contributed by atoms with Crippen LogP contribution in [0, 0.1) is 22.7 Å². The number of nitriles is 2. The molecule has 146 valence electrons. The first-order chi connectivity index (χ1) is 14.5. The molecule has 0 bridgehead atoms. The smallest absolute Gasteiger partial charge is 0.274 e. The molecule has 4 rings (SSSR count). The maximum Gasteiger partial charge on any atom is 0.274 e. The molecule has 1 atom stereocenters. The van der Waals surface area contributed by atoms with Crippen LogP contribution in [0.5, 0.6) is 0 Å². The number of thiazole rings is 1. The van der Waals surface area contributed by atoms with Crippen molar-refractivity contribution in [2.75, 3.05) is 0 Å². The molecule has 1 aliphatic rings. The summed E-state index contributed by atoms with van der Waals surface area (Å²) in [6.07, 6.45) is 1.65. The van der Waals surface area contributed by atoms with Gasteiger partial charge in [0.25, 0.3) is 5.56 Å². The maximum atomic E-state index is 13.1. The van der Waals surface area contributed by atoms with Gasteiger partial charge in [-0.05, 0) is 29.3 Å².